The molecule has 6 nitrogen and oxygen atoms in total. The van der Waals surface area contributed by atoms with E-state index < -0.39 is 11.0 Å². The number of amidine groups is 1. The van der Waals surface area contributed by atoms with Crippen LogP contribution in [0.1, 0.15) is 52.9 Å². The van der Waals surface area contributed by atoms with Gasteiger partial charge in [0.1, 0.15) is 5.41 Å². The quantitative estimate of drug-likeness (QED) is 0.299. The molecule has 1 fully saturated rings. The van der Waals surface area contributed by atoms with Crippen molar-refractivity contribution >= 4 is 11.7 Å². The summed E-state index contributed by atoms with van der Waals surface area (Å²) in [5.74, 6) is -0.149. The highest BCUT2D eigenvalue weighted by Crippen LogP contribution is 2.36. The zero-order valence-corrected chi connectivity index (χ0v) is 12.7. The molecule has 0 aromatic rings. The van der Waals surface area contributed by atoms with Gasteiger partial charge in [-0.3, -0.25) is 4.79 Å². The van der Waals surface area contributed by atoms with E-state index in [4.69, 9.17) is 15.7 Å². The Labute approximate surface area is 120 Å². The number of hydrogen-bond acceptors (Lipinski definition) is 4. The standard InChI is InChI=1S/C14H27N3O3/c1-4-20-13(2,3)10-16-12(18)14(11(15)17-19)8-6-5-7-9-14/h19H,4-10H2,1-3H3,(H2,15,17)(H,16,18). The van der Waals surface area contributed by atoms with Gasteiger partial charge in [0.15, 0.2) is 5.84 Å². The van der Waals surface area contributed by atoms with Crippen LogP contribution in [0.15, 0.2) is 5.16 Å². The van der Waals surface area contributed by atoms with E-state index in [1.165, 1.54) is 0 Å². The van der Waals surface area contributed by atoms with E-state index in [-0.39, 0.29) is 11.7 Å². The second kappa shape index (κ2) is 6.92. The molecule has 1 aliphatic rings. The van der Waals surface area contributed by atoms with E-state index >= 15 is 0 Å². The number of hydrogen-bond donors (Lipinski definition) is 3. The third kappa shape index (κ3) is 3.85. The number of nitrogens with zero attached hydrogens (tertiary/aromatic N) is 1. The normalized spacial score (nSPS) is 19.6. The Hall–Kier alpha value is -1.30. The van der Waals surface area contributed by atoms with Crippen LogP contribution in [0.3, 0.4) is 0 Å². The minimum absolute atomic E-state index is 0.0175. The maximum absolute atomic E-state index is 12.5. The van der Waals surface area contributed by atoms with Crippen LogP contribution < -0.4 is 11.1 Å². The van der Waals surface area contributed by atoms with Crippen molar-refractivity contribution in [3.63, 3.8) is 0 Å². The summed E-state index contributed by atoms with van der Waals surface area (Å²) < 4.78 is 5.56. The number of carbonyl (C=O) groups excluding carboxylic acids is 1. The first-order chi connectivity index (χ1) is 9.38. The molecule has 0 aromatic carbocycles. The zero-order chi connectivity index (χ0) is 15.2. The Balaban J connectivity index is 2.75. The monoisotopic (exact) mass is 285 g/mol. The van der Waals surface area contributed by atoms with Crippen LogP contribution in [-0.4, -0.2) is 35.7 Å². The minimum Gasteiger partial charge on any atom is -0.409 e. The van der Waals surface area contributed by atoms with Crippen LogP contribution in [-0.2, 0) is 9.53 Å². The van der Waals surface area contributed by atoms with Gasteiger partial charge >= 0.3 is 0 Å². The predicted molar refractivity (Wildman–Crippen MR) is 77.6 cm³/mol. The molecule has 116 valence electrons. The van der Waals surface area contributed by atoms with Gasteiger partial charge in [-0.05, 0) is 33.6 Å². The van der Waals surface area contributed by atoms with Crippen LogP contribution in [0.5, 0.6) is 0 Å². The molecule has 0 aromatic heterocycles. The van der Waals surface area contributed by atoms with Crippen molar-refractivity contribution in [3.05, 3.63) is 0 Å². The van der Waals surface area contributed by atoms with E-state index in [0.717, 1.165) is 19.3 Å². The van der Waals surface area contributed by atoms with Gasteiger partial charge in [0, 0.05) is 13.2 Å². The van der Waals surface area contributed by atoms with Gasteiger partial charge in [-0.15, -0.1) is 0 Å². The first-order valence-corrected chi connectivity index (χ1v) is 7.28. The first-order valence-electron chi connectivity index (χ1n) is 7.28. The maximum atomic E-state index is 12.5. The lowest BCUT2D eigenvalue weighted by atomic mass is 9.72. The fourth-order valence-electron chi connectivity index (χ4n) is 2.75. The topological polar surface area (TPSA) is 96.9 Å². The van der Waals surface area contributed by atoms with Gasteiger partial charge in [-0.1, -0.05) is 24.4 Å². The molecule has 0 unspecified atom stereocenters. The van der Waals surface area contributed by atoms with Gasteiger partial charge in [-0.25, -0.2) is 0 Å². The highest BCUT2D eigenvalue weighted by atomic mass is 16.5. The van der Waals surface area contributed by atoms with Crippen molar-refractivity contribution in [2.75, 3.05) is 13.2 Å². The van der Waals surface area contributed by atoms with Crippen molar-refractivity contribution in [1.82, 2.24) is 5.32 Å². The highest BCUT2D eigenvalue weighted by molar-refractivity contribution is 6.06. The highest BCUT2D eigenvalue weighted by Gasteiger charge is 2.44. The molecular weight excluding hydrogens is 258 g/mol. The Kier molecular flexibility index (Phi) is 5.80. The summed E-state index contributed by atoms with van der Waals surface area (Å²) in [5, 5.41) is 15.0. The third-order valence-corrected chi connectivity index (χ3v) is 3.95. The molecular formula is C14H27N3O3. The molecule has 0 spiro atoms. The number of amides is 1. The molecule has 1 amide bonds. The van der Waals surface area contributed by atoms with Crippen LogP contribution in [0, 0.1) is 5.41 Å². The predicted octanol–water partition coefficient (Wildman–Crippen LogP) is 1.61. The molecule has 4 N–H and O–H groups in total. The molecule has 0 bridgehead atoms. The zero-order valence-electron chi connectivity index (χ0n) is 12.7. The lowest BCUT2D eigenvalue weighted by molar-refractivity contribution is -0.130. The summed E-state index contributed by atoms with van der Waals surface area (Å²) in [4.78, 5) is 12.5. The van der Waals surface area contributed by atoms with Crippen molar-refractivity contribution in [2.45, 2.75) is 58.5 Å². The lowest BCUT2D eigenvalue weighted by Crippen LogP contribution is -2.53. The maximum Gasteiger partial charge on any atom is 0.234 e. The molecule has 0 heterocycles. The Morgan fingerprint density at radius 3 is 2.50 bits per heavy atom. The van der Waals surface area contributed by atoms with E-state index in [2.05, 4.69) is 10.5 Å². The van der Waals surface area contributed by atoms with Crippen LogP contribution in [0.4, 0.5) is 0 Å². The van der Waals surface area contributed by atoms with E-state index in [1.807, 2.05) is 20.8 Å². The number of nitrogens with one attached hydrogen (secondary N) is 1. The van der Waals surface area contributed by atoms with Gasteiger partial charge < -0.3 is 21.0 Å². The summed E-state index contributed by atoms with van der Waals surface area (Å²) in [6.07, 6.45) is 4.17. The third-order valence-electron chi connectivity index (χ3n) is 3.95. The second-order valence-corrected chi connectivity index (χ2v) is 6.00. The number of ether oxygens (including phenoxy) is 1. The summed E-state index contributed by atoms with van der Waals surface area (Å²) in [6, 6.07) is 0. The van der Waals surface area contributed by atoms with Crippen molar-refractivity contribution in [2.24, 2.45) is 16.3 Å². The molecule has 6 heteroatoms. The fourth-order valence-corrected chi connectivity index (χ4v) is 2.75. The Morgan fingerprint density at radius 2 is 2.00 bits per heavy atom. The molecule has 1 rings (SSSR count). The SMILES string of the molecule is CCOC(C)(C)CNC(=O)C1(C(N)=NO)CCCCC1. The largest absolute Gasteiger partial charge is 0.409 e. The molecule has 0 radical (unpaired) electrons. The number of oxime groups is 1. The summed E-state index contributed by atoms with van der Waals surface area (Å²) >= 11 is 0. The summed E-state index contributed by atoms with van der Waals surface area (Å²) in [7, 11) is 0. The molecule has 1 saturated carbocycles. The minimum atomic E-state index is -0.866. The van der Waals surface area contributed by atoms with Crippen molar-refractivity contribution < 1.29 is 14.7 Å². The second-order valence-electron chi connectivity index (χ2n) is 6.00. The number of nitrogens with two attached hydrogens (primary N) is 1. The van der Waals surface area contributed by atoms with Crippen molar-refractivity contribution in [3.8, 4) is 0 Å². The number of carbonyl (C=O) groups is 1. The van der Waals surface area contributed by atoms with Gasteiger partial charge in [0.2, 0.25) is 5.91 Å². The molecule has 0 saturated heterocycles. The Bertz CT molecular complexity index is 361. The molecule has 1 aliphatic carbocycles. The average Bonchev–Trinajstić information content (AvgIpc) is 2.44. The number of rotatable bonds is 6. The van der Waals surface area contributed by atoms with Gasteiger partial charge in [0.25, 0.3) is 0 Å². The lowest BCUT2D eigenvalue weighted by Gasteiger charge is -2.35. The van der Waals surface area contributed by atoms with Crippen molar-refractivity contribution in [1.29, 1.82) is 0 Å². The Morgan fingerprint density at radius 1 is 1.40 bits per heavy atom. The molecule has 20 heavy (non-hydrogen) atoms. The summed E-state index contributed by atoms with van der Waals surface area (Å²) in [5.41, 5.74) is 4.50. The van der Waals surface area contributed by atoms with E-state index in [0.29, 0.717) is 26.0 Å². The van der Waals surface area contributed by atoms with Crippen LogP contribution >= 0.6 is 0 Å². The van der Waals surface area contributed by atoms with E-state index in [1.54, 1.807) is 0 Å². The van der Waals surface area contributed by atoms with Crippen LogP contribution in [0.2, 0.25) is 0 Å². The molecule has 0 aliphatic heterocycles. The average molecular weight is 285 g/mol. The van der Waals surface area contributed by atoms with Gasteiger partial charge in [-0.2, -0.15) is 0 Å². The fraction of sp³-hybridized carbons (Fsp3) is 0.857. The molecule has 0 atom stereocenters. The van der Waals surface area contributed by atoms with Gasteiger partial charge in [0.05, 0.1) is 5.60 Å². The van der Waals surface area contributed by atoms with Crippen LogP contribution in [0.25, 0.3) is 0 Å². The smallest absolute Gasteiger partial charge is 0.234 e. The summed E-state index contributed by atoms with van der Waals surface area (Å²) in [6.45, 7) is 6.76. The first kappa shape index (κ1) is 16.8. The van der Waals surface area contributed by atoms with E-state index in [9.17, 15) is 4.79 Å².